The van der Waals surface area contributed by atoms with Gasteiger partial charge in [0.15, 0.2) is 0 Å². The number of carbonyl (C=O) groups excluding carboxylic acids is 1. The summed E-state index contributed by atoms with van der Waals surface area (Å²) in [5.74, 6) is -0.144. The standard InChI is InChI=1S/C23H23N3O5S/c1-4-16-5-10-21-20(11-16)17(13-30-21)12-22(27)24-18-6-8-19(9-7-18)32(28,29)26-23-14(2)15(3)25-31-23/h5-11,13,26H,4,12H2,1-3H3,(H,24,27). The van der Waals surface area contributed by atoms with Crippen LogP contribution in [0.25, 0.3) is 11.0 Å². The molecule has 0 saturated carbocycles. The number of hydrogen-bond donors (Lipinski definition) is 2. The number of aryl methyl sites for hydroxylation is 2. The van der Waals surface area contributed by atoms with Crippen LogP contribution in [0.2, 0.25) is 0 Å². The molecule has 8 nitrogen and oxygen atoms in total. The number of carbonyl (C=O) groups is 1. The van der Waals surface area contributed by atoms with Crippen LogP contribution in [-0.2, 0) is 27.7 Å². The van der Waals surface area contributed by atoms with Crippen molar-refractivity contribution in [2.75, 3.05) is 10.0 Å². The van der Waals surface area contributed by atoms with Crippen molar-refractivity contribution in [3.8, 4) is 0 Å². The smallest absolute Gasteiger partial charge is 0.264 e. The molecular formula is C23H23N3O5S. The summed E-state index contributed by atoms with van der Waals surface area (Å²) in [5, 5.41) is 7.45. The minimum atomic E-state index is -3.85. The third kappa shape index (κ3) is 4.38. The Morgan fingerprint density at radius 2 is 1.84 bits per heavy atom. The van der Waals surface area contributed by atoms with Gasteiger partial charge in [-0.3, -0.25) is 4.79 Å². The molecule has 0 radical (unpaired) electrons. The Morgan fingerprint density at radius 3 is 2.50 bits per heavy atom. The molecule has 0 saturated heterocycles. The summed E-state index contributed by atoms with van der Waals surface area (Å²) in [4.78, 5) is 12.6. The van der Waals surface area contributed by atoms with Crippen LogP contribution in [0.1, 0.15) is 29.3 Å². The van der Waals surface area contributed by atoms with Crippen molar-refractivity contribution in [3.63, 3.8) is 0 Å². The van der Waals surface area contributed by atoms with Crippen LogP contribution in [0.4, 0.5) is 11.6 Å². The summed E-state index contributed by atoms with van der Waals surface area (Å²) in [5.41, 5.74) is 4.43. The topological polar surface area (TPSA) is 114 Å². The van der Waals surface area contributed by atoms with E-state index in [1.165, 1.54) is 29.8 Å². The molecule has 2 heterocycles. The molecule has 166 valence electrons. The van der Waals surface area contributed by atoms with E-state index in [1.807, 2.05) is 18.2 Å². The number of anilines is 2. The van der Waals surface area contributed by atoms with Gasteiger partial charge >= 0.3 is 0 Å². The molecule has 0 aliphatic heterocycles. The van der Waals surface area contributed by atoms with Crippen LogP contribution >= 0.6 is 0 Å². The second-order valence-corrected chi connectivity index (χ2v) is 9.20. The number of nitrogens with zero attached hydrogens (tertiary/aromatic N) is 1. The number of sulfonamides is 1. The van der Waals surface area contributed by atoms with Gasteiger partial charge in [-0.15, -0.1) is 0 Å². The van der Waals surface area contributed by atoms with Gasteiger partial charge in [0.25, 0.3) is 10.0 Å². The molecule has 2 aromatic carbocycles. The zero-order valence-corrected chi connectivity index (χ0v) is 18.7. The summed E-state index contributed by atoms with van der Waals surface area (Å²) in [6, 6.07) is 11.8. The van der Waals surface area contributed by atoms with Gasteiger partial charge in [-0.25, -0.2) is 13.1 Å². The van der Waals surface area contributed by atoms with Gasteiger partial charge in [0.2, 0.25) is 11.8 Å². The van der Waals surface area contributed by atoms with Gasteiger partial charge in [0.1, 0.15) is 5.58 Å². The maximum absolute atomic E-state index is 12.6. The largest absolute Gasteiger partial charge is 0.464 e. The quantitative estimate of drug-likeness (QED) is 0.423. The molecule has 4 rings (SSSR count). The Balaban J connectivity index is 1.44. The minimum Gasteiger partial charge on any atom is -0.464 e. The summed E-state index contributed by atoms with van der Waals surface area (Å²) in [6.45, 7) is 5.51. The Morgan fingerprint density at radius 1 is 1.09 bits per heavy atom. The summed E-state index contributed by atoms with van der Waals surface area (Å²) >= 11 is 0. The van der Waals surface area contributed by atoms with E-state index in [4.69, 9.17) is 8.94 Å². The zero-order valence-electron chi connectivity index (χ0n) is 17.9. The van der Waals surface area contributed by atoms with Crippen molar-refractivity contribution in [1.82, 2.24) is 5.16 Å². The third-order valence-corrected chi connectivity index (χ3v) is 6.66. The summed E-state index contributed by atoms with van der Waals surface area (Å²) in [6.07, 6.45) is 2.64. The van der Waals surface area contributed by atoms with Gasteiger partial charge < -0.3 is 14.3 Å². The van der Waals surface area contributed by atoms with Crippen molar-refractivity contribution < 1.29 is 22.2 Å². The van der Waals surface area contributed by atoms with Crippen molar-refractivity contribution in [3.05, 3.63) is 71.1 Å². The van der Waals surface area contributed by atoms with Gasteiger partial charge in [-0.1, -0.05) is 18.1 Å². The normalized spacial score (nSPS) is 11.6. The van der Waals surface area contributed by atoms with Crippen molar-refractivity contribution in [1.29, 1.82) is 0 Å². The van der Waals surface area contributed by atoms with Crippen LogP contribution < -0.4 is 10.0 Å². The Bertz CT molecular complexity index is 1390. The lowest BCUT2D eigenvalue weighted by Gasteiger charge is -2.08. The van der Waals surface area contributed by atoms with Gasteiger partial charge in [0, 0.05) is 22.2 Å². The SMILES string of the molecule is CCc1ccc2occ(CC(=O)Nc3ccc(S(=O)(=O)Nc4onc(C)c4C)cc3)c2c1. The molecular weight excluding hydrogens is 430 g/mol. The Labute approximate surface area is 185 Å². The average molecular weight is 454 g/mol. The number of amides is 1. The van der Waals surface area contributed by atoms with Crippen LogP contribution in [0.15, 0.2) is 62.6 Å². The van der Waals surface area contributed by atoms with Crippen LogP contribution in [-0.4, -0.2) is 19.5 Å². The van der Waals surface area contributed by atoms with Gasteiger partial charge in [-0.05, 0) is 62.2 Å². The van der Waals surface area contributed by atoms with Crippen LogP contribution in [0, 0.1) is 13.8 Å². The van der Waals surface area contributed by atoms with Crippen molar-refractivity contribution in [2.24, 2.45) is 0 Å². The molecule has 0 aliphatic rings. The Hall–Kier alpha value is -3.59. The summed E-state index contributed by atoms with van der Waals surface area (Å²) in [7, 11) is -3.85. The van der Waals surface area contributed by atoms with E-state index in [0.717, 1.165) is 23.0 Å². The molecule has 1 amide bonds. The first-order valence-electron chi connectivity index (χ1n) is 10.1. The van der Waals surface area contributed by atoms with Gasteiger partial charge in [-0.2, -0.15) is 0 Å². The maximum Gasteiger partial charge on any atom is 0.264 e. The van der Waals surface area contributed by atoms with Crippen LogP contribution in [0.5, 0.6) is 0 Å². The molecule has 9 heteroatoms. The fourth-order valence-electron chi connectivity index (χ4n) is 3.27. The van der Waals surface area contributed by atoms with E-state index in [1.54, 1.807) is 20.1 Å². The first kappa shape index (κ1) is 21.6. The first-order valence-corrected chi connectivity index (χ1v) is 11.6. The second kappa shape index (κ2) is 8.51. The lowest BCUT2D eigenvalue weighted by molar-refractivity contribution is -0.115. The van der Waals surface area contributed by atoms with E-state index >= 15 is 0 Å². The van der Waals surface area contributed by atoms with Crippen LogP contribution in [0.3, 0.4) is 0 Å². The number of aromatic nitrogens is 1. The van der Waals surface area contributed by atoms with Crippen molar-refractivity contribution >= 4 is 38.5 Å². The predicted octanol–water partition coefficient (Wildman–Crippen LogP) is 4.58. The molecule has 0 bridgehead atoms. The zero-order chi connectivity index (χ0) is 22.9. The fraction of sp³-hybridized carbons (Fsp3) is 0.217. The molecule has 0 atom stereocenters. The van der Waals surface area contributed by atoms with E-state index < -0.39 is 10.0 Å². The molecule has 0 fully saturated rings. The number of furan rings is 1. The molecule has 2 N–H and O–H groups in total. The lowest BCUT2D eigenvalue weighted by atomic mass is 10.1. The first-order chi connectivity index (χ1) is 15.3. The number of rotatable bonds is 7. The highest BCUT2D eigenvalue weighted by Crippen LogP contribution is 2.25. The van der Waals surface area contributed by atoms with E-state index in [0.29, 0.717) is 16.9 Å². The molecule has 0 unspecified atom stereocenters. The monoisotopic (exact) mass is 453 g/mol. The third-order valence-electron chi connectivity index (χ3n) is 5.31. The highest BCUT2D eigenvalue weighted by atomic mass is 32.2. The molecule has 32 heavy (non-hydrogen) atoms. The predicted molar refractivity (Wildman–Crippen MR) is 121 cm³/mol. The van der Waals surface area contributed by atoms with E-state index in [9.17, 15) is 13.2 Å². The second-order valence-electron chi connectivity index (χ2n) is 7.52. The number of nitrogens with one attached hydrogen (secondary N) is 2. The highest BCUT2D eigenvalue weighted by Gasteiger charge is 2.19. The number of hydrogen-bond acceptors (Lipinski definition) is 6. The highest BCUT2D eigenvalue weighted by molar-refractivity contribution is 7.92. The molecule has 0 spiro atoms. The van der Waals surface area contributed by atoms with Gasteiger partial charge in [0.05, 0.1) is 23.3 Å². The fourth-order valence-corrected chi connectivity index (χ4v) is 4.32. The Kier molecular flexibility index (Phi) is 5.75. The molecule has 0 aliphatic carbocycles. The molecule has 4 aromatic rings. The lowest BCUT2D eigenvalue weighted by Crippen LogP contribution is -2.15. The average Bonchev–Trinajstić information content (AvgIpc) is 3.31. The van der Waals surface area contributed by atoms with E-state index in [2.05, 4.69) is 22.1 Å². The van der Waals surface area contributed by atoms with E-state index in [-0.39, 0.29) is 23.1 Å². The maximum atomic E-state index is 12.6. The summed E-state index contributed by atoms with van der Waals surface area (Å²) < 4.78 is 38.1. The minimum absolute atomic E-state index is 0.0388. The number of benzene rings is 2. The van der Waals surface area contributed by atoms with Crippen molar-refractivity contribution in [2.45, 2.75) is 38.5 Å². The molecule has 2 aromatic heterocycles. The number of fused-ring (bicyclic) bond motifs is 1.